The molecule has 3 rings (SSSR count). The number of aromatic nitrogens is 1. The van der Waals surface area contributed by atoms with Crippen LogP contribution in [-0.2, 0) is 0 Å². The van der Waals surface area contributed by atoms with E-state index in [1.165, 1.54) is 19.4 Å². The second-order valence-electron chi connectivity index (χ2n) is 6.06. The molecule has 2 saturated heterocycles. The highest BCUT2D eigenvalue weighted by Gasteiger charge is 2.36. The van der Waals surface area contributed by atoms with Gasteiger partial charge in [-0.05, 0) is 50.9 Å². The number of nitrogens with two attached hydrogens (primary N) is 1. The molecule has 1 aromatic rings. The summed E-state index contributed by atoms with van der Waals surface area (Å²) in [4.78, 5) is 21.2. The van der Waals surface area contributed by atoms with E-state index in [9.17, 15) is 4.79 Å². The maximum absolute atomic E-state index is 12.6. The third kappa shape index (κ3) is 2.87. The van der Waals surface area contributed by atoms with Gasteiger partial charge in [0.2, 0.25) is 0 Å². The highest BCUT2D eigenvalue weighted by Crippen LogP contribution is 2.30. The molecule has 114 valence electrons. The summed E-state index contributed by atoms with van der Waals surface area (Å²) in [5.74, 6) is 6.00. The first-order valence-corrected chi connectivity index (χ1v) is 7.61. The van der Waals surface area contributed by atoms with Gasteiger partial charge >= 0.3 is 0 Å². The summed E-state index contributed by atoms with van der Waals surface area (Å²) in [5, 5.41) is 0. The first-order valence-electron chi connectivity index (χ1n) is 7.61. The Morgan fingerprint density at radius 3 is 3.10 bits per heavy atom. The number of anilines is 1. The molecule has 2 aliphatic rings. The van der Waals surface area contributed by atoms with Crippen molar-refractivity contribution in [2.45, 2.75) is 25.3 Å². The molecule has 0 aromatic carbocycles. The van der Waals surface area contributed by atoms with Crippen LogP contribution in [0.2, 0.25) is 0 Å². The number of nitrogens with one attached hydrogen (secondary N) is 1. The van der Waals surface area contributed by atoms with E-state index in [1.807, 2.05) is 4.90 Å². The lowest BCUT2D eigenvalue weighted by Crippen LogP contribution is -2.54. The summed E-state index contributed by atoms with van der Waals surface area (Å²) >= 11 is 0. The Kier molecular flexibility index (Phi) is 4.07. The van der Waals surface area contributed by atoms with E-state index in [-0.39, 0.29) is 5.91 Å². The third-order valence-electron chi connectivity index (χ3n) is 4.78. The van der Waals surface area contributed by atoms with Crippen molar-refractivity contribution in [1.82, 2.24) is 14.8 Å². The van der Waals surface area contributed by atoms with E-state index in [4.69, 9.17) is 5.84 Å². The molecule has 3 N–H and O–H groups in total. The first-order chi connectivity index (χ1) is 10.2. The zero-order valence-corrected chi connectivity index (χ0v) is 12.5. The average Bonchev–Trinajstić information content (AvgIpc) is 2.54. The predicted molar refractivity (Wildman–Crippen MR) is 81.7 cm³/mol. The van der Waals surface area contributed by atoms with Crippen molar-refractivity contribution < 1.29 is 4.79 Å². The topological polar surface area (TPSA) is 74.5 Å². The molecule has 1 amide bonds. The lowest BCUT2D eigenvalue weighted by atomic mass is 9.84. The number of amides is 1. The van der Waals surface area contributed by atoms with Gasteiger partial charge in [0.15, 0.2) is 0 Å². The van der Waals surface area contributed by atoms with Gasteiger partial charge in [0.25, 0.3) is 5.91 Å². The van der Waals surface area contributed by atoms with Crippen LogP contribution in [0.25, 0.3) is 0 Å². The number of hydrogen-bond donors (Lipinski definition) is 2. The number of nitrogens with zero attached hydrogens (tertiary/aromatic N) is 3. The normalized spacial score (nSPS) is 26.3. The van der Waals surface area contributed by atoms with Gasteiger partial charge in [-0.1, -0.05) is 0 Å². The van der Waals surface area contributed by atoms with Crippen molar-refractivity contribution in [1.29, 1.82) is 0 Å². The van der Waals surface area contributed by atoms with E-state index >= 15 is 0 Å². The number of pyridine rings is 1. The van der Waals surface area contributed by atoms with Gasteiger partial charge < -0.3 is 15.2 Å². The second-order valence-corrected chi connectivity index (χ2v) is 6.06. The van der Waals surface area contributed by atoms with Crippen molar-refractivity contribution in [3.63, 3.8) is 0 Å². The fourth-order valence-corrected chi connectivity index (χ4v) is 3.64. The van der Waals surface area contributed by atoms with Crippen molar-refractivity contribution in [3.05, 3.63) is 24.0 Å². The van der Waals surface area contributed by atoms with Crippen LogP contribution in [0.5, 0.6) is 0 Å². The lowest BCUT2D eigenvalue weighted by Gasteiger charge is -2.45. The molecular formula is C15H23N5O. The summed E-state index contributed by atoms with van der Waals surface area (Å²) in [6, 6.07) is 4.09. The van der Waals surface area contributed by atoms with Crippen LogP contribution in [-0.4, -0.2) is 53.4 Å². The molecule has 21 heavy (non-hydrogen) atoms. The molecule has 2 aliphatic heterocycles. The minimum absolute atomic E-state index is 0.0128. The van der Waals surface area contributed by atoms with Gasteiger partial charge in [0, 0.05) is 25.3 Å². The number of carbonyl (C=O) groups is 1. The molecule has 2 atom stereocenters. The van der Waals surface area contributed by atoms with Crippen molar-refractivity contribution in [2.75, 3.05) is 32.1 Å². The van der Waals surface area contributed by atoms with Gasteiger partial charge in [0.05, 0.1) is 5.69 Å². The number of likely N-dealkylation sites (tertiary alicyclic amines) is 2. The molecular weight excluding hydrogens is 266 g/mol. The van der Waals surface area contributed by atoms with Crippen molar-refractivity contribution >= 4 is 11.6 Å². The van der Waals surface area contributed by atoms with Crippen LogP contribution in [0.3, 0.4) is 0 Å². The number of carbonyl (C=O) groups excluding carboxylic acids is 1. The molecule has 2 fully saturated rings. The number of rotatable bonds is 2. The van der Waals surface area contributed by atoms with E-state index in [0.29, 0.717) is 23.3 Å². The van der Waals surface area contributed by atoms with Gasteiger partial charge in [0.1, 0.15) is 5.69 Å². The molecule has 0 aliphatic carbocycles. The number of hydrogen-bond acceptors (Lipinski definition) is 5. The van der Waals surface area contributed by atoms with E-state index in [0.717, 1.165) is 19.5 Å². The Balaban J connectivity index is 1.71. The highest BCUT2D eigenvalue weighted by atomic mass is 16.2. The zero-order chi connectivity index (χ0) is 14.8. The van der Waals surface area contributed by atoms with Crippen LogP contribution in [0, 0.1) is 5.92 Å². The smallest absolute Gasteiger partial charge is 0.272 e. The maximum atomic E-state index is 12.6. The van der Waals surface area contributed by atoms with Gasteiger partial charge in [-0.15, -0.1) is 0 Å². The number of piperidine rings is 2. The fraction of sp³-hybridized carbons (Fsp3) is 0.600. The monoisotopic (exact) mass is 289 g/mol. The molecule has 0 bridgehead atoms. The lowest BCUT2D eigenvalue weighted by molar-refractivity contribution is 0.0313. The van der Waals surface area contributed by atoms with Crippen LogP contribution in [0.1, 0.15) is 29.8 Å². The second kappa shape index (κ2) is 5.99. The molecule has 0 saturated carbocycles. The molecule has 1 aromatic heterocycles. The van der Waals surface area contributed by atoms with E-state index in [1.54, 1.807) is 18.3 Å². The average molecular weight is 289 g/mol. The highest BCUT2D eigenvalue weighted by molar-refractivity contribution is 5.93. The zero-order valence-electron chi connectivity index (χ0n) is 12.5. The van der Waals surface area contributed by atoms with Crippen LogP contribution in [0.15, 0.2) is 18.3 Å². The largest absolute Gasteiger partial charge is 0.337 e. The maximum Gasteiger partial charge on any atom is 0.272 e. The summed E-state index contributed by atoms with van der Waals surface area (Å²) < 4.78 is 0. The predicted octanol–water partition coefficient (Wildman–Crippen LogP) is 0.924. The SMILES string of the molecule is CN1CCCC2CN(C(=O)c3cc(NN)ccn3)CCC21. The number of fused-ring (bicyclic) bond motifs is 1. The first kappa shape index (κ1) is 14.3. The minimum Gasteiger partial charge on any atom is -0.337 e. The Bertz CT molecular complexity index is 521. The standard InChI is InChI=1S/C15H23N5O/c1-19-7-2-3-11-10-20(8-5-14(11)19)15(21)13-9-12(18-16)4-6-17-13/h4,6,9,11,14H,2-3,5,7-8,10,16H2,1H3,(H,17,18). The van der Waals surface area contributed by atoms with Crippen molar-refractivity contribution in [2.24, 2.45) is 11.8 Å². The molecule has 6 heteroatoms. The third-order valence-corrected chi connectivity index (χ3v) is 4.78. The van der Waals surface area contributed by atoms with E-state index < -0.39 is 0 Å². The molecule has 3 heterocycles. The van der Waals surface area contributed by atoms with Gasteiger partial charge in [-0.25, -0.2) is 0 Å². The van der Waals surface area contributed by atoms with Gasteiger partial charge in [-0.2, -0.15) is 0 Å². The summed E-state index contributed by atoms with van der Waals surface area (Å²) in [6.45, 7) is 2.84. The van der Waals surface area contributed by atoms with Crippen molar-refractivity contribution in [3.8, 4) is 0 Å². The minimum atomic E-state index is 0.0128. The molecule has 6 nitrogen and oxygen atoms in total. The summed E-state index contributed by atoms with van der Waals surface area (Å²) in [5.41, 5.74) is 3.73. The molecule has 2 unspecified atom stereocenters. The number of hydrazine groups is 1. The Hall–Kier alpha value is -1.66. The fourth-order valence-electron chi connectivity index (χ4n) is 3.64. The van der Waals surface area contributed by atoms with Crippen LogP contribution in [0.4, 0.5) is 5.69 Å². The summed E-state index contributed by atoms with van der Waals surface area (Å²) in [7, 11) is 2.20. The molecule has 0 spiro atoms. The Labute approximate surface area is 125 Å². The Morgan fingerprint density at radius 2 is 2.29 bits per heavy atom. The van der Waals surface area contributed by atoms with Crippen LogP contribution < -0.4 is 11.3 Å². The quantitative estimate of drug-likeness (QED) is 0.625. The van der Waals surface area contributed by atoms with E-state index in [2.05, 4.69) is 22.4 Å². The Morgan fingerprint density at radius 1 is 1.43 bits per heavy atom. The van der Waals surface area contributed by atoms with Crippen LogP contribution >= 0.6 is 0 Å². The van der Waals surface area contributed by atoms with Gasteiger partial charge in [-0.3, -0.25) is 15.6 Å². The molecule has 0 radical (unpaired) electrons. The number of nitrogen functional groups attached to an aromatic ring is 1. The summed E-state index contributed by atoms with van der Waals surface area (Å²) in [6.07, 6.45) is 5.12.